The van der Waals surface area contributed by atoms with E-state index in [0.29, 0.717) is 11.4 Å². The second kappa shape index (κ2) is 5.48. The van der Waals surface area contributed by atoms with Crippen LogP contribution in [0.1, 0.15) is 15.9 Å². The van der Waals surface area contributed by atoms with Gasteiger partial charge in [0.2, 0.25) is 0 Å². The molecule has 3 aromatic rings. The van der Waals surface area contributed by atoms with Crippen LogP contribution in [-0.2, 0) is 6.42 Å². The first-order valence-electron chi connectivity index (χ1n) is 6.50. The minimum absolute atomic E-state index is 0.0925. The number of hydrogen-bond acceptors (Lipinski definition) is 1. The van der Waals surface area contributed by atoms with E-state index in [1.54, 1.807) is 0 Å². The molecule has 0 atom stereocenters. The van der Waals surface area contributed by atoms with Crippen molar-refractivity contribution in [3.63, 3.8) is 0 Å². The van der Waals surface area contributed by atoms with Crippen molar-refractivity contribution >= 4 is 28.2 Å². The van der Waals surface area contributed by atoms with Gasteiger partial charge in [0.1, 0.15) is 0 Å². The first-order chi connectivity index (χ1) is 9.75. The van der Waals surface area contributed by atoms with Crippen LogP contribution >= 0.6 is 11.6 Å². The minimum Gasteiger partial charge on any atom is -0.294 e. The molecule has 0 unspecified atom stereocenters. The summed E-state index contributed by atoms with van der Waals surface area (Å²) in [5.74, 6) is 0.0925. The van der Waals surface area contributed by atoms with Crippen LogP contribution in [0, 0.1) is 0 Å². The summed E-state index contributed by atoms with van der Waals surface area (Å²) in [5, 5.41) is 2.71. The summed E-state index contributed by atoms with van der Waals surface area (Å²) in [5.41, 5.74) is 1.62. The molecule has 0 spiro atoms. The predicted molar refractivity (Wildman–Crippen MR) is 83.4 cm³/mol. The maximum atomic E-state index is 12.5. The molecule has 0 bridgehead atoms. The van der Waals surface area contributed by atoms with Gasteiger partial charge < -0.3 is 0 Å². The molecule has 20 heavy (non-hydrogen) atoms. The molecule has 0 saturated heterocycles. The summed E-state index contributed by atoms with van der Waals surface area (Å²) in [6.07, 6.45) is 0.327. The molecule has 3 rings (SSSR count). The number of halogens is 1. The Hall–Kier alpha value is -2.12. The first kappa shape index (κ1) is 12.9. The number of hydrogen-bond donors (Lipinski definition) is 0. The fourth-order valence-corrected chi connectivity index (χ4v) is 2.58. The summed E-state index contributed by atoms with van der Waals surface area (Å²) in [4.78, 5) is 12.5. The third-order valence-electron chi connectivity index (χ3n) is 3.40. The lowest BCUT2D eigenvalue weighted by Gasteiger charge is -2.07. The molecule has 0 radical (unpaired) electrons. The van der Waals surface area contributed by atoms with Crippen molar-refractivity contribution in [1.82, 2.24) is 0 Å². The standard InChI is InChI=1S/C18H13ClO/c19-17-11-4-2-7-14(17)12-18(20)16-10-5-8-13-6-1-3-9-15(13)16/h1-11H,12H2. The molecule has 0 aliphatic carbocycles. The smallest absolute Gasteiger partial charge is 0.167 e. The molecule has 0 aliphatic rings. The zero-order valence-corrected chi connectivity index (χ0v) is 11.6. The van der Waals surface area contributed by atoms with Crippen LogP contribution < -0.4 is 0 Å². The number of Topliss-reactive ketones (excluding diaryl/α,β-unsaturated/α-hetero) is 1. The Labute approximate surface area is 122 Å². The van der Waals surface area contributed by atoms with Crippen molar-refractivity contribution < 1.29 is 4.79 Å². The Morgan fingerprint density at radius 3 is 2.40 bits per heavy atom. The van der Waals surface area contributed by atoms with Gasteiger partial charge in [-0.3, -0.25) is 4.79 Å². The van der Waals surface area contributed by atoms with E-state index in [0.717, 1.165) is 21.9 Å². The van der Waals surface area contributed by atoms with Gasteiger partial charge in [-0.2, -0.15) is 0 Å². The molecule has 3 aromatic carbocycles. The number of carbonyl (C=O) groups excluding carboxylic acids is 1. The van der Waals surface area contributed by atoms with Crippen LogP contribution in [-0.4, -0.2) is 5.78 Å². The Morgan fingerprint density at radius 1 is 0.850 bits per heavy atom. The highest BCUT2D eigenvalue weighted by Crippen LogP contribution is 2.22. The fourth-order valence-electron chi connectivity index (χ4n) is 2.38. The van der Waals surface area contributed by atoms with E-state index < -0.39 is 0 Å². The highest BCUT2D eigenvalue weighted by atomic mass is 35.5. The third-order valence-corrected chi connectivity index (χ3v) is 3.77. The molecule has 0 saturated carbocycles. The number of carbonyl (C=O) groups is 1. The number of benzene rings is 3. The van der Waals surface area contributed by atoms with Crippen molar-refractivity contribution in [2.45, 2.75) is 6.42 Å². The topological polar surface area (TPSA) is 17.1 Å². The second-order valence-electron chi connectivity index (χ2n) is 4.72. The van der Waals surface area contributed by atoms with E-state index in [-0.39, 0.29) is 5.78 Å². The van der Waals surface area contributed by atoms with E-state index in [2.05, 4.69) is 0 Å². The van der Waals surface area contributed by atoms with Gasteiger partial charge in [0.05, 0.1) is 0 Å². The summed E-state index contributed by atoms with van der Waals surface area (Å²) >= 11 is 6.12. The Morgan fingerprint density at radius 2 is 1.55 bits per heavy atom. The van der Waals surface area contributed by atoms with Crippen molar-refractivity contribution in [1.29, 1.82) is 0 Å². The van der Waals surface area contributed by atoms with Gasteiger partial charge in [-0.05, 0) is 22.4 Å². The van der Waals surface area contributed by atoms with Crippen molar-refractivity contribution in [2.75, 3.05) is 0 Å². The molecule has 0 aliphatic heterocycles. The normalized spacial score (nSPS) is 10.7. The molecule has 0 aromatic heterocycles. The van der Waals surface area contributed by atoms with Crippen LogP contribution in [0.5, 0.6) is 0 Å². The van der Waals surface area contributed by atoms with E-state index in [1.807, 2.05) is 66.7 Å². The van der Waals surface area contributed by atoms with Crippen LogP contribution in [0.15, 0.2) is 66.7 Å². The van der Waals surface area contributed by atoms with Crippen molar-refractivity contribution in [2.24, 2.45) is 0 Å². The number of rotatable bonds is 3. The van der Waals surface area contributed by atoms with Crippen LogP contribution in [0.3, 0.4) is 0 Å². The van der Waals surface area contributed by atoms with Gasteiger partial charge in [-0.15, -0.1) is 0 Å². The summed E-state index contributed by atoms with van der Waals surface area (Å²) in [6.45, 7) is 0. The monoisotopic (exact) mass is 280 g/mol. The molecule has 0 fully saturated rings. The maximum absolute atomic E-state index is 12.5. The fraction of sp³-hybridized carbons (Fsp3) is 0.0556. The largest absolute Gasteiger partial charge is 0.294 e. The summed E-state index contributed by atoms with van der Waals surface area (Å²) in [6, 6.07) is 21.2. The van der Waals surface area contributed by atoms with Crippen LogP contribution in [0.25, 0.3) is 10.8 Å². The van der Waals surface area contributed by atoms with Crippen LogP contribution in [0.2, 0.25) is 5.02 Å². The Bertz CT molecular complexity index is 772. The average Bonchev–Trinajstić information content (AvgIpc) is 2.49. The molecule has 2 heteroatoms. The van der Waals surface area contributed by atoms with Crippen molar-refractivity contribution in [3.05, 3.63) is 82.9 Å². The minimum atomic E-state index is 0.0925. The van der Waals surface area contributed by atoms with Gasteiger partial charge in [0.25, 0.3) is 0 Å². The highest BCUT2D eigenvalue weighted by Gasteiger charge is 2.12. The van der Waals surface area contributed by atoms with E-state index in [9.17, 15) is 4.79 Å². The predicted octanol–water partition coefficient (Wildman–Crippen LogP) is 4.92. The molecule has 0 heterocycles. The second-order valence-corrected chi connectivity index (χ2v) is 5.13. The Kier molecular flexibility index (Phi) is 3.53. The number of fused-ring (bicyclic) bond motifs is 1. The van der Waals surface area contributed by atoms with Gasteiger partial charge >= 0.3 is 0 Å². The van der Waals surface area contributed by atoms with Gasteiger partial charge in [0, 0.05) is 17.0 Å². The summed E-state index contributed by atoms with van der Waals surface area (Å²) in [7, 11) is 0. The lowest BCUT2D eigenvalue weighted by Crippen LogP contribution is -2.04. The maximum Gasteiger partial charge on any atom is 0.167 e. The summed E-state index contributed by atoms with van der Waals surface area (Å²) < 4.78 is 0. The SMILES string of the molecule is O=C(Cc1ccccc1Cl)c1cccc2ccccc12. The molecular weight excluding hydrogens is 268 g/mol. The van der Waals surface area contributed by atoms with Crippen molar-refractivity contribution in [3.8, 4) is 0 Å². The van der Waals surface area contributed by atoms with Gasteiger partial charge in [-0.1, -0.05) is 72.3 Å². The lowest BCUT2D eigenvalue weighted by atomic mass is 9.97. The third kappa shape index (κ3) is 2.45. The molecule has 0 amide bonds. The first-order valence-corrected chi connectivity index (χ1v) is 6.88. The number of ketones is 1. The molecule has 0 N–H and O–H groups in total. The quantitative estimate of drug-likeness (QED) is 0.623. The molecule has 1 nitrogen and oxygen atoms in total. The van der Waals surface area contributed by atoms with Crippen LogP contribution in [0.4, 0.5) is 0 Å². The van der Waals surface area contributed by atoms with E-state index >= 15 is 0 Å². The average molecular weight is 281 g/mol. The zero-order chi connectivity index (χ0) is 13.9. The van der Waals surface area contributed by atoms with Gasteiger partial charge in [-0.25, -0.2) is 0 Å². The van der Waals surface area contributed by atoms with E-state index in [1.165, 1.54) is 0 Å². The van der Waals surface area contributed by atoms with Gasteiger partial charge in [0.15, 0.2) is 5.78 Å². The molecule has 98 valence electrons. The lowest BCUT2D eigenvalue weighted by molar-refractivity contribution is 0.0994. The van der Waals surface area contributed by atoms with E-state index in [4.69, 9.17) is 11.6 Å². The Balaban J connectivity index is 1.99. The highest BCUT2D eigenvalue weighted by molar-refractivity contribution is 6.31. The zero-order valence-electron chi connectivity index (χ0n) is 10.8. The molecular formula is C18H13ClO.